The number of amides is 1. The third kappa shape index (κ3) is 5.04. The van der Waals surface area contributed by atoms with Gasteiger partial charge in [0, 0.05) is 0 Å². The lowest BCUT2D eigenvalue weighted by Crippen LogP contribution is -2.40. The molecule has 0 radical (unpaired) electrons. The van der Waals surface area contributed by atoms with Crippen LogP contribution in [0.2, 0.25) is 0 Å². The predicted molar refractivity (Wildman–Crippen MR) is 128 cm³/mol. The second kappa shape index (κ2) is 8.52. The van der Waals surface area contributed by atoms with Crippen LogP contribution in [0.4, 0.5) is 16.2 Å². The van der Waals surface area contributed by atoms with Gasteiger partial charge in [-0.15, -0.1) is 0 Å². The van der Waals surface area contributed by atoms with Crippen LogP contribution < -0.4 is 10.4 Å². The van der Waals surface area contributed by atoms with E-state index < -0.39 is 11.7 Å². The van der Waals surface area contributed by atoms with E-state index in [0.717, 1.165) is 27.6 Å². The number of hydrazine groups is 1. The van der Waals surface area contributed by atoms with E-state index in [4.69, 9.17) is 4.74 Å². The molecule has 4 heteroatoms. The molecule has 156 valence electrons. The number of anilines is 2. The molecule has 4 aromatic rings. The Morgan fingerprint density at radius 2 is 1.35 bits per heavy atom. The van der Waals surface area contributed by atoms with Gasteiger partial charge in [0.25, 0.3) is 0 Å². The summed E-state index contributed by atoms with van der Waals surface area (Å²) < 4.78 is 5.66. The molecule has 4 nitrogen and oxygen atoms in total. The summed E-state index contributed by atoms with van der Waals surface area (Å²) in [4.78, 5) is 13.0. The van der Waals surface area contributed by atoms with Gasteiger partial charge in [-0.2, -0.15) is 5.01 Å². The van der Waals surface area contributed by atoms with Gasteiger partial charge < -0.3 is 4.74 Å². The van der Waals surface area contributed by atoms with Crippen molar-refractivity contribution in [1.82, 2.24) is 0 Å². The largest absolute Gasteiger partial charge is 0.442 e. The first kappa shape index (κ1) is 20.5. The Hall–Kier alpha value is -3.79. The van der Waals surface area contributed by atoms with Crippen molar-refractivity contribution in [3.05, 3.63) is 97.1 Å². The van der Waals surface area contributed by atoms with Gasteiger partial charge in [0.1, 0.15) is 5.60 Å². The molecule has 0 fully saturated rings. The number of hydrogen-bond donors (Lipinski definition) is 1. The topological polar surface area (TPSA) is 41.6 Å². The number of ether oxygens (including phenoxy) is 1. The predicted octanol–water partition coefficient (Wildman–Crippen LogP) is 7.28. The number of nitrogens with one attached hydrogen (secondary N) is 1. The second-order valence-corrected chi connectivity index (χ2v) is 8.40. The van der Waals surface area contributed by atoms with Gasteiger partial charge in [0.05, 0.1) is 11.4 Å². The van der Waals surface area contributed by atoms with Crippen LogP contribution in [0.25, 0.3) is 21.9 Å². The quantitative estimate of drug-likeness (QED) is 0.360. The fourth-order valence-electron chi connectivity index (χ4n) is 3.34. The van der Waals surface area contributed by atoms with E-state index in [0.29, 0.717) is 5.69 Å². The molecular weight excluding hydrogens is 384 g/mol. The van der Waals surface area contributed by atoms with Gasteiger partial charge in [-0.3, -0.25) is 5.43 Å². The molecule has 0 bridgehead atoms. The lowest BCUT2D eigenvalue weighted by atomic mass is 10.1. The number of benzene rings is 4. The SMILES string of the molecule is CC(C)(C)OC(=O)N(Nc1ccc(-c2ccccc2)cc1)c1ccc2ccccc2c1. The number of nitrogens with zero attached hydrogens (tertiary/aromatic N) is 1. The molecule has 0 aliphatic rings. The summed E-state index contributed by atoms with van der Waals surface area (Å²) in [5, 5.41) is 3.62. The third-order valence-corrected chi connectivity index (χ3v) is 4.80. The molecule has 1 N–H and O–H groups in total. The maximum Gasteiger partial charge on any atom is 0.433 e. The highest BCUT2D eigenvalue weighted by Crippen LogP contribution is 2.26. The first-order valence-electron chi connectivity index (χ1n) is 10.3. The molecular formula is C27H26N2O2. The van der Waals surface area contributed by atoms with Crippen molar-refractivity contribution in [1.29, 1.82) is 0 Å². The van der Waals surface area contributed by atoms with E-state index in [-0.39, 0.29) is 0 Å². The molecule has 0 heterocycles. The Balaban J connectivity index is 1.64. The summed E-state index contributed by atoms with van der Waals surface area (Å²) in [5.41, 5.74) is 6.37. The first-order chi connectivity index (χ1) is 14.9. The summed E-state index contributed by atoms with van der Waals surface area (Å²) in [6, 6.07) is 32.1. The molecule has 0 unspecified atom stereocenters. The average molecular weight is 411 g/mol. The lowest BCUT2D eigenvalue weighted by Gasteiger charge is -2.28. The molecule has 4 rings (SSSR count). The highest BCUT2D eigenvalue weighted by molar-refractivity contribution is 5.94. The minimum Gasteiger partial charge on any atom is -0.442 e. The van der Waals surface area contributed by atoms with E-state index in [2.05, 4.69) is 17.6 Å². The molecule has 0 aromatic heterocycles. The van der Waals surface area contributed by atoms with Crippen LogP contribution in [0, 0.1) is 0 Å². The lowest BCUT2D eigenvalue weighted by molar-refractivity contribution is 0.0589. The van der Waals surface area contributed by atoms with Crippen LogP contribution in [0.3, 0.4) is 0 Å². The molecule has 0 aliphatic carbocycles. The molecule has 4 aromatic carbocycles. The van der Waals surface area contributed by atoms with E-state index >= 15 is 0 Å². The van der Waals surface area contributed by atoms with E-state index in [1.54, 1.807) is 0 Å². The van der Waals surface area contributed by atoms with Crippen LogP contribution in [0.15, 0.2) is 97.1 Å². The van der Waals surface area contributed by atoms with Gasteiger partial charge in [0.15, 0.2) is 0 Å². The van der Waals surface area contributed by atoms with Crippen LogP contribution in [-0.2, 0) is 4.74 Å². The highest BCUT2D eigenvalue weighted by atomic mass is 16.6. The first-order valence-corrected chi connectivity index (χ1v) is 10.3. The molecule has 0 aliphatic heterocycles. The molecule has 1 amide bonds. The van der Waals surface area contributed by atoms with E-state index in [1.807, 2.05) is 106 Å². The van der Waals surface area contributed by atoms with Crippen molar-refractivity contribution < 1.29 is 9.53 Å². The number of hydrogen-bond acceptors (Lipinski definition) is 3. The Kier molecular flexibility index (Phi) is 5.63. The van der Waals surface area contributed by atoms with Crippen LogP contribution >= 0.6 is 0 Å². The zero-order valence-corrected chi connectivity index (χ0v) is 18.0. The van der Waals surface area contributed by atoms with E-state index in [1.165, 1.54) is 5.01 Å². The Morgan fingerprint density at radius 3 is 2.03 bits per heavy atom. The van der Waals surface area contributed by atoms with Crippen molar-refractivity contribution in [2.45, 2.75) is 26.4 Å². The smallest absolute Gasteiger partial charge is 0.433 e. The van der Waals surface area contributed by atoms with Gasteiger partial charge in [0.2, 0.25) is 0 Å². The minimum atomic E-state index is -0.606. The number of carbonyl (C=O) groups excluding carboxylic acids is 1. The van der Waals surface area contributed by atoms with Gasteiger partial charge in [-0.05, 0) is 66.9 Å². The normalized spacial score (nSPS) is 11.2. The van der Waals surface area contributed by atoms with Crippen molar-refractivity contribution in [3.63, 3.8) is 0 Å². The maximum absolute atomic E-state index is 13.0. The fourth-order valence-corrected chi connectivity index (χ4v) is 3.34. The Bertz CT molecular complexity index is 1180. The average Bonchev–Trinajstić information content (AvgIpc) is 2.77. The zero-order chi connectivity index (χ0) is 21.8. The van der Waals surface area contributed by atoms with Gasteiger partial charge >= 0.3 is 6.09 Å². The van der Waals surface area contributed by atoms with Crippen LogP contribution in [0.5, 0.6) is 0 Å². The summed E-state index contributed by atoms with van der Waals surface area (Å²) >= 11 is 0. The Labute approximate surface area is 183 Å². The fraction of sp³-hybridized carbons (Fsp3) is 0.148. The van der Waals surface area contributed by atoms with E-state index in [9.17, 15) is 4.79 Å². The number of fused-ring (bicyclic) bond motifs is 1. The minimum absolute atomic E-state index is 0.463. The summed E-state index contributed by atoms with van der Waals surface area (Å²) in [6.45, 7) is 5.58. The second-order valence-electron chi connectivity index (χ2n) is 8.40. The summed E-state index contributed by atoms with van der Waals surface area (Å²) in [7, 11) is 0. The van der Waals surface area contributed by atoms with Crippen molar-refractivity contribution in [2.75, 3.05) is 10.4 Å². The van der Waals surface area contributed by atoms with Gasteiger partial charge in [-0.1, -0.05) is 72.8 Å². The van der Waals surface area contributed by atoms with Crippen LogP contribution in [0.1, 0.15) is 20.8 Å². The summed E-state index contributed by atoms with van der Waals surface area (Å²) in [6.07, 6.45) is -0.463. The van der Waals surface area contributed by atoms with Gasteiger partial charge in [-0.25, -0.2) is 4.79 Å². The highest BCUT2D eigenvalue weighted by Gasteiger charge is 2.24. The molecule has 31 heavy (non-hydrogen) atoms. The zero-order valence-electron chi connectivity index (χ0n) is 18.0. The summed E-state index contributed by atoms with van der Waals surface area (Å²) in [5.74, 6) is 0. The van der Waals surface area contributed by atoms with Crippen molar-refractivity contribution in [3.8, 4) is 11.1 Å². The Morgan fingerprint density at radius 1 is 0.742 bits per heavy atom. The van der Waals surface area contributed by atoms with Crippen molar-refractivity contribution in [2.24, 2.45) is 0 Å². The number of carbonyl (C=O) groups is 1. The molecule has 0 spiro atoms. The standard InChI is InChI=1S/C27H26N2O2/c1-27(2,3)31-26(30)29(25-18-15-21-11-7-8-12-23(21)19-25)28-24-16-13-22(14-17-24)20-9-5-4-6-10-20/h4-19,28H,1-3H3. The number of rotatable bonds is 4. The van der Waals surface area contributed by atoms with Crippen LogP contribution in [-0.4, -0.2) is 11.7 Å². The molecule has 0 atom stereocenters. The molecule has 0 saturated carbocycles. The third-order valence-electron chi connectivity index (χ3n) is 4.80. The monoisotopic (exact) mass is 410 g/mol. The van der Waals surface area contributed by atoms with Crippen molar-refractivity contribution >= 4 is 28.2 Å². The molecule has 0 saturated heterocycles. The maximum atomic E-state index is 13.0.